The van der Waals surface area contributed by atoms with Gasteiger partial charge < -0.3 is 0 Å². The molecule has 116 valence electrons. The minimum Gasteiger partial charge on any atom is -0.227 e. The molecule has 0 radical (unpaired) electrons. The van der Waals surface area contributed by atoms with Crippen LogP contribution in [0.4, 0.5) is 10.2 Å². The standard InChI is InChI=1S/C17H14FN3S2/c1-10-15-16(14-4-3-9-22-14)23-11(2)19-17(15)21(20-10)13-7-5-12(18)6-8-13/h3-9,16H,1-2H3/t16-/m1/s1. The fourth-order valence-electron chi connectivity index (χ4n) is 2.75. The van der Waals surface area contributed by atoms with Crippen LogP contribution in [0.5, 0.6) is 0 Å². The first-order chi connectivity index (χ1) is 11.1. The number of hydrogen-bond acceptors (Lipinski definition) is 4. The number of thiophene rings is 1. The van der Waals surface area contributed by atoms with Crippen LogP contribution in [0, 0.1) is 12.7 Å². The number of rotatable bonds is 2. The van der Waals surface area contributed by atoms with E-state index in [1.54, 1.807) is 35.2 Å². The average Bonchev–Trinajstić information content (AvgIpc) is 3.16. The van der Waals surface area contributed by atoms with Gasteiger partial charge in [0.05, 0.1) is 21.7 Å². The molecule has 0 fully saturated rings. The third-order valence-electron chi connectivity index (χ3n) is 3.77. The molecule has 0 saturated carbocycles. The van der Waals surface area contributed by atoms with Gasteiger partial charge in [-0.05, 0) is 49.6 Å². The number of nitrogens with zero attached hydrogens (tertiary/aromatic N) is 3. The summed E-state index contributed by atoms with van der Waals surface area (Å²) in [6.45, 7) is 4.03. The molecular weight excluding hydrogens is 329 g/mol. The maximum absolute atomic E-state index is 13.2. The largest absolute Gasteiger partial charge is 0.227 e. The highest BCUT2D eigenvalue weighted by Crippen LogP contribution is 2.48. The van der Waals surface area contributed by atoms with Gasteiger partial charge in [0.25, 0.3) is 0 Å². The fourth-order valence-corrected chi connectivity index (χ4v) is 4.84. The summed E-state index contributed by atoms with van der Waals surface area (Å²) in [6, 6.07) is 10.6. The van der Waals surface area contributed by atoms with E-state index in [2.05, 4.69) is 22.6 Å². The third-order valence-corrected chi connectivity index (χ3v) is 6.01. The molecule has 3 aromatic rings. The molecule has 1 atom stereocenters. The molecule has 1 aliphatic heterocycles. The topological polar surface area (TPSA) is 30.2 Å². The van der Waals surface area contributed by atoms with Crippen molar-refractivity contribution in [1.82, 2.24) is 9.78 Å². The van der Waals surface area contributed by atoms with Gasteiger partial charge in [0.1, 0.15) is 5.82 Å². The van der Waals surface area contributed by atoms with Crippen molar-refractivity contribution in [3.8, 4) is 5.69 Å². The number of thioether (sulfide) groups is 1. The Morgan fingerprint density at radius 1 is 1.13 bits per heavy atom. The summed E-state index contributed by atoms with van der Waals surface area (Å²) in [6.07, 6.45) is 0. The van der Waals surface area contributed by atoms with Gasteiger partial charge in [-0.3, -0.25) is 0 Å². The molecular formula is C17H14FN3S2. The summed E-state index contributed by atoms with van der Waals surface area (Å²) in [7, 11) is 0. The molecule has 4 rings (SSSR count). The van der Waals surface area contributed by atoms with Crippen molar-refractivity contribution in [2.45, 2.75) is 19.1 Å². The second-order valence-electron chi connectivity index (χ2n) is 5.36. The average molecular weight is 343 g/mol. The number of aromatic nitrogens is 2. The van der Waals surface area contributed by atoms with Gasteiger partial charge >= 0.3 is 0 Å². The van der Waals surface area contributed by atoms with Crippen LogP contribution in [0.1, 0.15) is 28.3 Å². The highest BCUT2D eigenvalue weighted by atomic mass is 32.2. The molecule has 6 heteroatoms. The van der Waals surface area contributed by atoms with Crippen molar-refractivity contribution in [1.29, 1.82) is 0 Å². The molecule has 0 amide bonds. The number of benzene rings is 1. The lowest BCUT2D eigenvalue weighted by molar-refractivity contribution is 0.627. The van der Waals surface area contributed by atoms with E-state index in [-0.39, 0.29) is 11.1 Å². The summed E-state index contributed by atoms with van der Waals surface area (Å²) in [5, 5.41) is 7.99. The monoisotopic (exact) mass is 343 g/mol. The summed E-state index contributed by atoms with van der Waals surface area (Å²) >= 11 is 3.51. The van der Waals surface area contributed by atoms with E-state index >= 15 is 0 Å². The molecule has 1 aromatic carbocycles. The fraction of sp³-hybridized carbons (Fsp3) is 0.176. The first kappa shape index (κ1) is 14.7. The second kappa shape index (κ2) is 5.62. The molecule has 0 spiro atoms. The minimum absolute atomic E-state index is 0.219. The number of aliphatic imine (C=N–C) groups is 1. The summed E-state index contributed by atoms with van der Waals surface area (Å²) in [5.41, 5.74) is 2.93. The third kappa shape index (κ3) is 2.52. The number of halogens is 1. The van der Waals surface area contributed by atoms with Gasteiger partial charge in [-0.2, -0.15) is 5.10 Å². The molecule has 0 N–H and O–H groups in total. The Hall–Kier alpha value is -1.92. The van der Waals surface area contributed by atoms with E-state index in [1.165, 1.54) is 17.0 Å². The van der Waals surface area contributed by atoms with E-state index in [0.717, 1.165) is 27.8 Å². The smallest absolute Gasteiger partial charge is 0.161 e. The van der Waals surface area contributed by atoms with Gasteiger partial charge in [-0.15, -0.1) is 11.3 Å². The SMILES string of the molecule is CC1=Nc2c(c(C)nn2-c2ccc(F)cc2)[C@@H](c2cccs2)S1. The van der Waals surface area contributed by atoms with Crippen molar-refractivity contribution >= 4 is 34.0 Å². The lowest BCUT2D eigenvalue weighted by Crippen LogP contribution is -2.05. The lowest BCUT2D eigenvalue weighted by atomic mass is 10.1. The number of hydrogen-bond donors (Lipinski definition) is 0. The molecule has 0 aliphatic carbocycles. The molecule has 23 heavy (non-hydrogen) atoms. The predicted octanol–water partition coefficient (Wildman–Crippen LogP) is 5.27. The highest BCUT2D eigenvalue weighted by molar-refractivity contribution is 8.14. The second-order valence-corrected chi connectivity index (χ2v) is 7.63. The number of aryl methyl sites for hydroxylation is 1. The maximum atomic E-state index is 13.2. The molecule has 0 bridgehead atoms. The zero-order valence-electron chi connectivity index (χ0n) is 12.7. The van der Waals surface area contributed by atoms with Crippen LogP contribution < -0.4 is 0 Å². The van der Waals surface area contributed by atoms with Crippen LogP contribution in [-0.4, -0.2) is 14.8 Å². The Kier molecular flexibility index (Phi) is 3.58. The molecule has 1 aliphatic rings. The maximum Gasteiger partial charge on any atom is 0.161 e. The van der Waals surface area contributed by atoms with Crippen LogP contribution in [0.2, 0.25) is 0 Å². The van der Waals surface area contributed by atoms with Crippen LogP contribution in [0.15, 0.2) is 46.8 Å². The normalized spacial score (nSPS) is 17.0. The van der Waals surface area contributed by atoms with Crippen molar-refractivity contribution in [3.63, 3.8) is 0 Å². The molecule has 0 unspecified atom stereocenters. The zero-order chi connectivity index (χ0) is 16.0. The minimum atomic E-state index is -0.252. The van der Waals surface area contributed by atoms with E-state index in [1.807, 2.05) is 18.5 Å². The summed E-state index contributed by atoms with van der Waals surface area (Å²) in [5.74, 6) is 0.599. The highest BCUT2D eigenvalue weighted by Gasteiger charge is 2.30. The number of fused-ring (bicyclic) bond motifs is 1. The van der Waals surface area contributed by atoms with Crippen molar-refractivity contribution in [2.75, 3.05) is 0 Å². The van der Waals surface area contributed by atoms with Crippen molar-refractivity contribution in [2.24, 2.45) is 4.99 Å². The van der Waals surface area contributed by atoms with Gasteiger partial charge in [0.2, 0.25) is 0 Å². The molecule has 0 saturated heterocycles. The molecule has 3 heterocycles. The lowest BCUT2D eigenvalue weighted by Gasteiger charge is -2.20. The summed E-state index contributed by atoms with van der Waals surface area (Å²) < 4.78 is 15.0. The van der Waals surface area contributed by atoms with Crippen LogP contribution >= 0.6 is 23.1 Å². The Bertz CT molecular complexity index is 879. The van der Waals surface area contributed by atoms with Crippen molar-refractivity contribution < 1.29 is 4.39 Å². The quantitative estimate of drug-likeness (QED) is 0.635. The first-order valence-electron chi connectivity index (χ1n) is 7.24. The Balaban J connectivity index is 1.90. The Labute approximate surface area is 141 Å². The van der Waals surface area contributed by atoms with Gasteiger partial charge in [0.15, 0.2) is 5.82 Å². The Morgan fingerprint density at radius 3 is 2.61 bits per heavy atom. The first-order valence-corrected chi connectivity index (χ1v) is 9.00. The Morgan fingerprint density at radius 2 is 1.91 bits per heavy atom. The van der Waals surface area contributed by atoms with Gasteiger partial charge in [-0.25, -0.2) is 14.1 Å². The van der Waals surface area contributed by atoms with E-state index < -0.39 is 0 Å². The predicted molar refractivity (Wildman–Crippen MR) is 94.8 cm³/mol. The molecule has 3 nitrogen and oxygen atoms in total. The summed E-state index contributed by atoms with van der Waals surface area (Å²) in [4.78, 5) is 6.01. The van der Waals surface area contributed by atoms with Gasteiger partial charge in [-0.1, -0.05) is 17.8 Å². The van der Waals surface area contributed by atoms with Crippen LogP contribution in [0.3, 0.4) is 0 Å². The van der Waals surface area contributed by atoms with E-state index in [0.29, 0.717) is 0 Å². The molecule has 2 aromatic heterocycles. The van der Waals surface area contributed by atoms with Crippen molar-refractivity contribution in [3.05, 3.63) is 63.7 Å². The van der Waals surface area contributed by atoms with Gasteiger partial charge in [0, 0.05) is 10.4 Å². The van der Waals surface area contributed by atoms with Crippen LogP contribution in [-0.2, 0) is 0 Å². The van der Waals surface area contributed by atoms with E-state index in [4.69, 9.17) is 4.99 Å². The zero-order valence-corrected chi connectivity index (χ0v) is 14.3. The van der Waals surface area contributed by atoms with Crippen LogP contribution in [0.25, 0.3) is 5.69 Å². The van der Waals surface area contributed by atoms with E-state index in [9.17, 15) is 4.39 Å².